The zero-order valence-electron chi connectivity index (χ0n) is 16.1. The summed E-state index contributed by atoms with van der Waals surface area (Å²) in [5, 5.41) is 11.8. The number of hydrogen-bond donors (Lipinski definition) is 2. The monoisotopic (exact) mass is 367 g/mol. The number of likely N-dealkylation sites (tertiary alicyclic amines) is 2. The molecule has 2 saturated heterocycles. The van der Waals surface area contributed by atoms with E-state index in [0.717, 1.165) is 32.2 Å². The van der Waals surface area contributed by atoms with E-state index in [1.54, 1.807) is 0 Å². The molecule has 0 radical (unpaired) electrons. The maximum Gasteiger partial charge on any atom is 0.317 e. The van der Waals surface area contributed by atoms with Gasteiger partial charge in [-0.25, -0.2) is 4.79 Å². The zero-order chi connectivity index (χ0) is 19.1. The molecule has 2 fully saturated rings. The third kappa shape index (κ3) is 6.50. The molecule has 0 saturated carbocycles. The van der Waals surface area contributed by atoms with Crippen LogP contribution in [0, 0.1) is 17.8 Å². The number of piperidine rings is 2. The summed E-state index contributed by atoms with van der Waals surface area (Å²) in [4.78, 5) is 39.3. The second-order valence-electron chi connectivity index (χ2n) is 8.16. The number of hydrogen-bond acceptors (Lipinski definition) is 3. The van der Waals surface area contributed by atoms with E-state index in [1.807, 2.05) is 9.80 Å². The third-order valence-electron chi connectivity index (χ3n) is 5.36. The molecule has 2 rings (SSSR count). The van der Waals surface area contributed by atoms with Gasteiger partial charge in [0.25, 0.3) is 0 Å². The summed E-state index contributed by atoms with van der Waals surface area (Å²) >= 11 is 0. The van der Waals surface area contributed by atoms with Crippen molar-refractivity contribution in [2.75, 3.05) is 32.7 Å². The molecule has 0 spiro atoms. The number of aliphatic carboxylic acids is 1. The second-order valence-corrected chi connectivity index (χ2v) is 8.16. The first-order valence-corrected chi connectivity index (χ1v) is 9.87. The van der Waals surface area contributed by atoms with Crippen LogP contribution in [-0.2, 0) is 9.59 Å². The van der Waals surface area contributed by atoms with E-state index in [4.69, 9.17) is 5.11 Å². The Labute approximate surface area is 156 Å². The molecule has 26 heavy (non-hydrogen) atoms. The SMILES string of the molecule is CC(C)CNC(=O)N1CCCC(CC(=O)N2CCC(CC(=O)O)CC2)C1. The van der Waals surface area contributed by atoms with E-state index in [0.29, 0.717) is 38.5 Å². The van der Waals surface area contributed by atoms with Crippen molar-refractivity contribution in [3.63, 3.8) is 0 Å². The van der Waals surface area contributed by atoms with Crippen LogP contribution in [0.15, 0.2) is 0 Å². The van der Waals surface area contributed by atoms with Crippen molar-refractivity contribution >= 4 is 17.9 Å². The van der Waals surface area contributed by atoms with Crippen LogP contribution in [0.4, 0.5) is 4.79 Å². The lowest BCUT2D eigenvalue weighted by Gasteiger charge is -2.35. The largest absolute Gasteiger partial charge is 0.481 e. The van der Waals surface area contributed by atoms with Crippen LogP contribution in [0.1, 0.15) is 52.4 Å². The summed E-state index contributed by atoms with van der Waals surface area (Å²) in [5.74, 6) is 0.218. The van der Waals surface area contributed by atoms with Crippen molar-refractivity contribution in [3.8, 4) is 0 Å². The molecule has 1 unspecified atom stereocenters. The maximum absolute atomic E-state index is 12.6. The van der Waals surface area contributed by atoms with Gasteiger partial charge in [0.2, 0.25) is 5.91 Å². The average Bonchev–Trinajstić information content (AvgIpc) is 2.60. The minimum absolute atomic E-state index is 0.0228. The minimum atomic E-state index is -0.757. The highest BCUT2D eigenvalue weighted by atomic mass is 16.4. The molecule has 7 heteroatoms. The number of carboxylic acid groups (broad SMARTS) is 1. The van der Waals surface area contributed by atoms with Crippen molar-refractivity contribution in [2.45, 2.75) is 52.4 Å². The molecule has 0 bridgehead atoms. The van der Waals surface area contributed by atoms with Gasteiger partial charge in [0.05, 0.1) is 0 Å². The number of rotatable bonds is 6. The van der Waals surface area contributed by atoms with Crippen LogP contribution >= 0.6 is 0 Å². The van der Waals surface area contributed by atoms with E-state index in [2.05, 4.69) is 19.2 Å². The molecule has 148 valence electrons. The van der Waals surface area contributed by atoms with Gasteiger partial charge in [0.1, 0.15) is 0 Å². The van der Waals surface area contributed by atoms with Crippen molar-refractivity contribution in [1.82, 2.24) is 15.1 Å². The van der Waals surface area contributed by atoms with Crippen molar-refractivity contribution < 1.29 is 19.5 Å². The summed E-state index contributed by atoms with van der Waals surface area (Å²) in [6.45, 7) is 7.52. The Bertz CT molecular complexity index is 501. The number of amides is 3. The number of carboxylic acids is 1. The average molecular weight is 367 g/mol. The van der Waals surface area contributed by atoms with Gasteiger partial charge in [-0.3, -0.25) is 9.59 Å². The highest BCUT2D eigenvalue weighted by molar-refractivity contribution is 5.77. The van der Waals surface area contributed by atoms with E-state index in [-0.39, 0.29) is 30.2 Å². The molecule has 2 N–H and O–H groups in total. The van der Waals surface area contributed by atoms with Crippen LogP contribution in [0.25, 0.3) is 0 Å². The molecular weight excluding hydrogens is 334 g/mol. The quantitative estimate of drug-likeness (QED) is 0.753. The smallest absolute Gasteiger partial charge is 0.317 e. The first-order valence-electron chi connectivity index (χ1n) is 9.87. The Morgan fingerprint density at radius 3 is 2.31 bits per heavy atom. The number of nitrogens with one attached hydrogen (secondary N) is 1. The summed E-state index contributed by atoms with van der Waals surface area (Å²) in [7, 11) is 0. The van der Waals surface area contributed by atoms with Crippen LogP contribution in [0.3, 0.4) is 0 Å². The van der Waals surface area contributed by atoms with E-state index >= 15 is 0 Å². The number of carbonyl (C=O) groups excluding carboxylic acids is 2. The topological polar surface area (TPSA) is 90.0 Å². The number of carbonyl (C=O) groups is 3. The first kappa shape index (κ1) is 20.5. The van der Waals surface area contributed by atoms with E-state index in [9.17, 15) is 14.4 Å². The van der Waals surface area contributed by atoms with Gasteiger partial charge in [0, 0.05) is 45.6 Å². The molecule has 3 amide bonds. The minimum Gasteiger partial charge on any atom is -0.481 e. The third-order valence-corrected chi connectivity index (χ3v) is 5.36. The van der Waals surface area contributed by atoms with Crippen molar-refractivity contribution in [3.05, 3.63) is 0 Å². The summed E-state index contributed by atoms with van der Waals surface area (Å²) in [6.07, 6.45) is 4.14. The van der Waals surface area contributed by atoms with E-state index < -0.39 is 5.97 Å². The molecule has 0 aromatic carbocycles. The molecule has 7 nitrogen and oxygen atoms in total. The Morgan fingerprint density at radius 2 is 1.69 bits per heavy atom. The molecule has 2 heterocycles. The van der Waals surface area contributed by atoms with Gasteiger partial charge >= 0.3 is 12.0 Å². The summed E-state index contributed by atoms with van der Waals surface area (Å²) in [5.41, 5.74) is 0. The Morgan fingerprint density at radius 1 is 1.00 bits per heavy atom. The maximum atomic E-state index is 12.6. The van der Waals surface area contributed by atoms with Gasteiger partial charge in [-0.2, -0.15) is 0 Å². The molecule has 2 aliphatic rings. The second kappa shape index (κ2) is 9.78. The Kier molecular flexibility index (Phi) is 7.72. The van der Waals surface area contributed by atoms with Gasteiger partial charge in [-0.05, 0) is 43.4 Å². The molecule has 0 aliphatic carbocycles. The Hall–Kier alpha value is -1.79. The fraction of sp³-hybridized carbons (Fsp3) is 0.842. The first-order chi connectivity index (χ1) is 12.3. The fourth-order valence-electron chi connectivity index (χ4n) is 3.83. The number of urea groups is 1. The van der Waals surface area contributed by atoms with Gasteiger partial charge in [0.15, 0.2) is 0 Å². The zero-order valence-corrected chi connectivity index (χ0v) is 16.1. The summed E-state index contributed by atoms with van der Waals surface area (Å²) in [6, 6.07) is -0.0228. The highest BCUT2D eigenvalue weighted by Crippen LogP contribution is 2.24. The Balaban J connectivity index is 1.75. The van der Waals surface area contributed by atoms with Gasteiger partial charge in [-0.1, -0.05) is 13.8 Å². The molecule has 0 aromatic rings. The lowest BCUT2D eigenvalue weighted by Crippen LogP contribution is -2.47. The van der Waals surface area contributed by atoms with Crippen molar-refractivity contribution in [1.29, 1.82) is 0 Å². The lowest BCUT2D eigenvalue weighted by atomic mass is 9.91. The standard InChI is InChI=1S/C19H33N3O4/c1-14(2)12-20-19(26)22-7-3-4-16(13-22)10-17(23)21-8-5-15(6-9-21)11-18(24)25/h14-16H,3-13H2,1-2H3,(H,20,26)(H,24,25). The van der Waals surface area contributed by atoms with Crippen LogP contribution in [0.5, 0.6) is 0 Å². The van der Waals surface area contributed by atoms with Crippen LogP contribution in [0.2, 0.25) is 0 Å². The summed E-state index contributed by atoms with van der Waals surface area (Å²) < 4.78 is 0. The fourth-order valence-corrected chi connectivity index (χ4v) is 3.83. The molecular formula is C19H33N3O4. The van der Waals surface area contributed by atoms with Gasteiger partial charge in [-0.15, -0.1) is 0 Å². The van der Waals surface area contributed by atoms with E-state index in [1.165, 1.54) is 0 Å². The van der Waals surface area contributed by atoms with Crippen molar-refractivity contribution in [2.24, 2.45) is 17.8 Å². The predicted octanol–water partition coefficient (Wildman–Crippen LogP) is 2.17. The van der Waals surface area contributed by atoms with Crippen LogP contribution in [-0.4, -0.2) is 65.5 Å². The highest BCUT2D eigenvalue weighted by Gasteiger charge is 2.29. The lowest BCUT2D eigenvalue weighted by molar-refractivity contribution is -0.138. The number of nitrogens with zero attached hydrogens (tertiary/aromatic N) is 2. The molecule has 1 atom stereocenters. The molecule has 0 aromatic heterocycles. The predicted molar refractivity (Wildman–Crippen MR) is 98.7 cm³/mol. The normalized spacial score (nSPS) is 21.7. The van der Waals surface area contributed by atoms with Gasteiger partial charge < -0.3 is 20.2 Å². The van der Waals surface area contributed by atoms with Crippen LogP contribution < -0.4 is 5.32 Å². The molecule has 2 aliphatic heterocycles.